The van der Waals surface area contributed by atoms with Crippen molar-refractivity contribution in [3.8, 4) is 17.2 Å². The highest BCUT2D eigenvalue weighted by atomic mass is 32.2. The molecule has 0 radical (unpaired) electrons. The molecular formula is C26H25N3O4S. The third-order valence-corrected chi connectivity index (χ3v) is 6.21. The Balaban J connectivity index is 1.68. The first-order valence-corrected chi connectivity index (χ1v) is 11.8. The number of rotatable bonds is 8. The number of amides is 1. The Morgan fingerprint density at radius 3 is 2.50 bits per heavy atom. The van der Waals surface area contributed by atoms with Gasteiger partial charge in [-0.05, 0) is 62.4 Å². The van der Waals surface area contributed by atoms with Crippen molar-refractivity contribution in [2.24, 2.45) is 0 Å². The molecule has 4 aromatic rings. The molecule has 0 saturated carbocycles. The molecule has 0 aliphatic heterocycles. The molecule has 174 valence electrons. The van der Waals surface area contributed by atoms with Crippen LogP contribution >= 0.6 is 11.8 Å². The minimum atomic E-state index is -0.527. The van der Waals surface area contributed by atoms with Gasteiger partial charge in [0.05, 0.1) is 35.6 Å². The van der Waals surface area contributed by atoms with E-state index in [1.54, 1.807) is 68.6 Å². The van der Waals surface area contributed by atoms with Gasteiger partial charge in [0, 0.05) is 5.69 Å². The third-order valence-electron chi connectivity index (χ3n) is 5.16. The first-order chi connectivity index (χ1) is 16.5. The number of aromatic nitrogens is 2. The zero-order valence-corrected chi connectivity index (χ0v) is 20.0. The molecule has 1 heterocycles. The highest BCUT2D eigenvalue weighted by Crippen LogP contribution is 2.29. The van der Waals surface area contributed by atoms with Gasteiger partial charge in [-0.3, -0.25) is 14.2 Å². The van der Waals surface area contributed by atoms with Crippen LogP contribution in [0.5, 0.6) is 11.5 Å². The summed E-state index contributed by atoms with van der Waals surface area (Å²) in [4.78, 5) is 31.2. The van der Waals surface area contributed by atoms with Crippen LogP contribution in [-0.2, 0) is 4.79 Å². The maximum absolute atomic E-state index is 13.5. The molecule has 4 rings (SSSR count). The Kier molecular flexibility index (Phi) is 7.18. The zero-order valence-electron chi connectivity index (χ0n) is 19.1. The van der Waals surface area contributed by atoms with E-state index in [9.17, 15) is 9.59 Å². The first kappa shape index (κ1) is 23.4. The average molecular weight is 476 g/mol. The molecule has 0 bridgehead atoms. The Bertz CT molecular complexity index is 1370. The minimum absolute atomic E-state index is 0.205. The lowest BCUT2D eigenvalue weighted by molar-refractivity contribution is -0.115. The number of carbonyl (C=O) groups excluding carboxylic acids is 1. The van der Waals surface area contributed by atoms with Gasteiger partial charge >= 0.3 is 0 Å². The zero-order chi connectivity index (χ0) is 24.1. The number of fused-ring (bicyclic) bond motifs is 1. The number of anilines is 1. The van der Waals surface area contributed by atoms with Gasteiger partial charge in [0.1, 0.15) is 11.5 Å². The second kappa shape index (κ2) is 10.4. The van der Waals surface area contributed by atoms with Crippen LogP contribution in [-0.4, -0.2) is 34.4 Å². The predicted molar refractivity (Wildman–Crippen MR) is 135 cm³/mol. The molecule has 3 aromatic carbocycles. The van der Waals surface area contributed by atoms with E-state index in [-0.39, 0.29) is 11.5 Å². The second-order valence-electron chi connectivity index (χ2n) is 7.43. The number of benzene rings is 3. The summed E-state index contributed by atoms with van der Waals surface area (Å²) >= 11 is 1.21. The first-order valence-electron chi connectivity index (χ1n) is 10.9. The van der Waals surface area contributed by atoms with Crippen LogP contribution in [0.1, 0.15) is 13.8 Å². The van der Waals surface area contributed by atoms with Crippen LogP contribution in [0.4, 0.5) is 5.69 Å². The normalized spacial score (nSPS) is 11.7. The number of para-hydroxylation sites is 3. The molecule has 0 spiro atoms. The monoisotopic (exact) mass is 475 g/mol. The molecule has 8 heteroatoms. The van der Waals surface area contributed by atoms with Crippen molar-refractivity contribution in [3.63, 3.8) is 0 Å². The number of ether oxygens (including phenoxy) is 2. The van der Waals surface area contributed by atoms with E-state index in [2.05, 4.69) is 5.32 Å². The van der Waals surface area contributed by atoms with E-state index in [0.29, 0.717) is 39.8 Å². The molecule has 0 aliphatic carbocycles. The maximum Gasteiger partial charge on any atom is 0.266 e. The number of thioether (sulfide) groups is 1. The van der Waals surface area contributed by atoms with Crippen LogP contribution in [0.2, 0.25) is 0 Å². The van der Waals surface area contributed by atoms with Crippen molar-refractivity contribution in [2.45, 2.75) is 24.3 Å². The largest absolute Gasteiger partial charge is 0.495 e. The molecule has 1 aromatic heterocycles. The summed E-state index contributed by atoms with van der Waals surface area (Å²) in [5, 5.41) is 3.28. The lowest BCUT2D eigenvalue weighted by atomic mass is 10.2. The summed E-state index contributed by atoms with van der Waals surface area (Å²) in [6, 6.07) is 21.6. The highest BCUT2D eigenvalue weighted by molar-refractivity contribution is 8.00. The summed E-state index contributed by atoms with van der Waals surface area (Å²) < 4.78 is 12.4. The molecular weight excluding hydrogens is 450 g/mol. The highest BCUT2D eigenvalue weighted by Gasteiger charge is 2.22. The topological polar surface area (TPSA) is 82.5 Å². The van der Waals surface area contributed by atoms with Crippen LogP contribution in [0, 0.1) is 0 Å². The number of hydrogen-bond acceptors (Lipinski definition) is 6. The molecule has 1 amide bonds. The van der Waals surface area contributed by atoms with E-state index < -0.39 is 5.25 Å². The maximum atomic E-state index is 13.5. The number of nitrogens with one attached hydrogen (secondary N) is 1. The summed E-state index contributed by atoms with van der Waals surface area (Å²) in [5.74, 6) is 1.07. The smallest absolute Gasteiger partial charge is 0.266 e. The second-order valence-corrected chi connectivity index (χ2v) is 8.74. The fourth-order valence-electron chi connectivity index (χ4n) is 3.48. The van der Waals surface area contributed by atoms with E-state index in [4.69, 9.17) is 14.5 Å². The van der Waals surface area contributed by atoms with E-state index in [1.807, 2.05) is 25.1 Å². The van der Waals surface area contributed by atoms with Gasteiger partial charge in [0.2, 0.25) is 5.91 Å². The van der Waals surface area contributed by atoms with Crippen LogP contribution < -0.4 is 20.3 Å². The number of carbonyl (C=O) groups is 1. The van der Waals surface area contributed by atoms with Crippen LogP contribution in [0.3, 0.4) is 0 Å². The van der Waals surface area contributed by atoms with Crippen LogP contribution in [0.15, 0.2) is 82.7 Å². The SMILES string of the molecule is CCOc1ccc(NC(=O)[C@H](C)Sc2nc3ccccc3c(=O)n2-c2ccccc2OC)cc1. The lowest BCUT2D eigenvalue weighted by Gasteiger charge is -2.18. The number of methoxy groups -OCH3 is 1. The van der Waals surface area contributed by atoms with Gasteiger partial charge in [-0.2, -0.15) is 0 Å². The molecule has 0 unspecified atom stereocenters. The quantitative estimate of drug-likeness (QED) is 0.288. The van der Waals surface area contributed by atoms with Crippen molar-refractivity contribution >= 4 is 34.3 Å². The van der Waals surface area contributed by atoms with E-state index in [1.165, 1.54) is 16.3 Å². The van der Waals surface area contributed by atoms with Crippen molar-refractivity contribution in [3.05, 3.63) is 83.2 Å². The van der Waals surface area contributed by atoms with Crippen molar-refractivity contribution in [1.82, 2.24) is 9.55 Å². The summed E-state index contributed by atoms with van der Waals surface area (Å²) in [5.41, 5.74) is 1.57. The Morgan fingerprint density at radius 1 is 1.06 bits per heavy atom. The van der Waals surface area contributed by atoms with E-state index in [0.717, 1.165) is 5.75 Å². The van der Waals surface area contributed by atoms with Gasteiger partial charge < -0.3 is 14.8 Å². The van der Waals surface area contributed by atoms with Gasteiger partial charge in [0.25, 0.3) is 5.56 Å². The lowest BCUT2D eigenvalue weighted by Crippen LogP contribution is -2.26. The molecule has 7 nitrogen and oxygen atoms in total. The predicted octanol–water partition coefficient (Wildman–Crippen LogP) is 4.91. The van der Waals surface area contributed by atoms with Gasteiger partial charge in [-0.25, -0.2) is 4.98 Å². The van der Waals surface area contributed by atoms with Crippen molar-refractivity contribution < 1.29 is 14.3 Å². The number of hydrogen-bond donors (Lipinski definition) is 1. The molecule has 1 atom stereocenters. The summed E-state index contributed by atoms with van der Waals surface area (Å²) in [6.07, 6.45) is 0. The minimum Gasteiger partial charge on any atom is -0.495 e. The standard InChI is InChI=1S/C26H25N3O4S/c1-4-33-19-15-13-18(14-16-19)27-24(30)17(2)34-26-28-21-10-6-5-9-20(21)25(31)29(26)22-11-7-8-12-23(22)32-3/h5-17H,4H2,1-3H3,(H,27,30)/t17-/m0/s1. The van der Waals surface area contributed by atoms with Gasteiger partial charge in [-0.15, -0.1) is 0 Å². The molecule has 1 N–H and O–H groups in total. The van der Waals surface area contributed by atoms with Crippen LogP contribution in [0.25, 0.3) is 16.6 Å². The molecule has 34 heavy (non-hydrogen) atoms. The summed E-state index contributed by atoms with van der Waals surface area (Å²) in [7, 11) is 1.55. The Labute approximate surface area is 201 Å². The molecule has 0 saturated heterocycles. The fraction of sp³-hybridized carbons (Fsp3) is 0.192. The Hall–Kier alpha value is -3.78. The molecule has 0 aliphatic rings. The van der Waals surface area contributed by atoms with E-state index >= 15 is 0 Å². The third kappa shape index (κ3) is 4.92. The van der Waals surface area contributed by atoms with Gasteiger partial charge in [-0.1, -0.05) is 36.0 Å². The summed E-state index contributed by atoms with van der Waals surface area (Å²) in [6.45, 7) is 4.27. The average Bonchev–Trinajstić information content (AvgIpc) is 2.85. The fourth-order valence-corrected chi connectivity index (χ4v) is 4.39. The van der Waals surface area contributed by atoms with Crippen molar-refractivity contribution in [1.29, 1.82) is 0 Å². The van der Waals surface area contributed by atoms with Crippen molar-refractivity contribution in [2.75, 3.05) is 19.0 Å². The van der Waals surface area contributed by atoms with Gasteiger partial charge in [0.15, 0.2) is 5.16 Å². The Morgan fingerprint density at radius 2 is 1.76 bits per heavy atom. The molecule has 0 fully saturated rings. The number of nitrogens with zero attached hydrogens (tertiary/aromatic N) is 2.